The number of aromatic nitrogens is 1. The molecule has 0 saturated carbocycles. The number of carbonyl (C=O) groups excluding carboxylic acids is 4. The molecule has 0 bridgehead atoms. The average Bonchev–Trinajstić information content (AvgIpc) is 3.30. The van der Waals surface area contributed by atoms with Gasteiger partial charge in [-0.05, 0) is 42.2 Å². The van der Waals surface area contributed by atoms with Gasteiger partial charge in [-0.1, -0.05) is 50.2 Å². The standard InChI is InChI=1S/C29H31N3O6/c1-18(2)14-24(31-27(34)23-13-12-20-6-4-5-7-22(20)30-23)28(35)32-15-25(33)26(16-32)38-17-19-8-10-21(11-9-19)29(36)37-3/h4-13,18,24,26H,14-17H2,1-3H3,(H,31,34). The minimum atomic E-state index is -0.798. The highest BCUT2D eigenvalue weighted by molar-refractivity contribution is 5.99. The Bertz CT molecular complexity index is 1340. The topological polar surface area (TPSA) is 115 Å². The Balaban J connectivity index is 1.38. The van der Waals surface area contributed by atoms with Gasteiger partial charge >= 0.3 is 5.97 Å². The van der Waals surface area contributed by atoms with Crippen molar-refractivity contribution in [1.29, 1.82) is 0 Å². The summed E-state index contributed by atoms with van der Waals surface area (Å²) in [6, 6.07) is 16.8. The summed E-state index contributed by atoms with van der Waals surface area (Å²) in [5.74, 6) is -1.27. The van der Waals surface area contributed by atoms with Crippen molar-refractivity contribution in [2.45, 2.75) is 39.0 Å². The molecule has 3 aromatic rings. The van der Waals surface area contributed by atoms with Crippen molar-refractivity contribution in [3.8, 4) is 0 Å². The first-order valence-corrected chi connectivity index (χ1v) is 12.5. The lowest BCUT2D eigenvalue weighted by Crippen LogP contribution is -2.49. The Morgan fingerprint density at radius 3 is 2.50 bits per heavy atom. The summed E-state index contributed by atoms with van der Waals surface area (Å²) in [6.07, 6.45) is -0.349. The Kier molecular flexibility index (Phi) is 8.48. The van der Waals surface area contributed by atoms with Crippen LogP contribution in [0.25, 0.3) is 10.9 Å². The van der Waals surface area contributed by atoms with E-state index in [0.717, 1.165) is 10.9 Å². The zero-order valence-electron chi connectivity index (χ0n) is 21.7. The van der Waals surface area contributed by atoms with Gasteiger partial charge in [0.1, 0.15) is 17.8 Å². The van der Waals surface area contributed by atoms with Crippen LogP contribution in [0.1, 0.15) is 46.7 Å². The molecule has 4 rings (SSSR count). The summed E-state index contributed by atoms with van der Waals surface area (Å²) < 4.78 is 10.5. The van der Waals surface area contributed by atoms with Crippen molar-refractivity contribution in [1.82, 2.24) is 15.2 Å². The van der Waals surface area contributed by atoms with Crippen LogP contribution < -0.4 is 5.32 Å². The van der Waals surface area contributed by atoms with Crippen LogP contribution in [0, 0.1) is 5.92 Å². The van der Waals surface area contributed by atoms with E-state index in [2.05, 4.69) is 10.3 Å². The van der Waals surface area contributed by atoms with Crippen molar-refractivity contribution < 1.29 is 28.7 Å². The van der Waals surface area contributed by atoms with Crippen molar-refractivity contribution in [3.05, 3.63) is 77.5 Å². The minimum Gasteiger partial charge on any atom is -0.465 e. The number of hydrogen-bond acceptors (Lipinski definition) is 7. The third-order valence-electron chi connectivity index (χ3n) is 6.37. The van der Waals surface area contributed by atoms with E-state index in [1.165, 1.54) is 12.0 Å². The number of para-hydroxylation sites is 1. The molecule has 0 aliphatic carbocycles. The largest absolute Gasteiger partial charge is 0.465 e. The number of benzene rings is 2. The van der Waals surface area contributed by atoms with Gasteiger partial charge < -0.3 is 19.7 Å². The first kappa shape index (κ1) is 26.9. The minimum absolute atomic E-state index is 0.0799. The van der Waals surface area contributed by atoms with E-state index in [1.807, 2.05) is 44.2 Å². The zero-order chi connectivity index (χ0) is 27.2. The number of nitrogens with one attached hydrogen (secondary N) is 1. The molecule has 1 saturated heterocycles. The number of hydrogen-bond donors (Lipinski definition) is 1. The number of nitrogens with zero attached hydrogens (tertiary/aromatic N) is 2. The summed E-state index contributed by atoms with van der Waals surface area (Å²) in [6.45, 7) is 4.11. The molecule has 0 spiro atoms. The summed E-state index contributed by atoms with van der Waals surface area (Å²) in [5, 5.41) is 3.75. The smallest absolute Gasteiger partial charge is 0.337 e. The molecule has 2 amide bonds. The predicted molar refractivity (Wildman–Crippen MR) is 140 cm³/mol. The number of fused-ring (bicyclic) bond motifs is 1. The van der Waals surface area contributed by atoms with E-state index in [0.29, 0.717) is 17.5 Å². The van der Waals surface area contributed by atoms with E-state index < -0.39 is 24.0 Å². The number of methoxy groups -OCH3 is 1. The maximum absolute atomic E-state index is 13.4. The summed E-state index contributed by atoms with van der Waals surface area (Å²) >= 11 is 0. The van der Waals surface area contributed by atoms with Crippen LogP contribution in [0.5, 0.6) is 0 Å². The molecule has 1 fully saturated rings. The molecule has 1 aliphatic rings. The fourth-order valence-electron chi connectivity index (χ4n) is 4.36. The first-order valence-electron chi connectivity index (χ1n) is 12.5. The number of carbonyl (C=O) groups is 4. The van der Waals surface area contributed by atoms with Gasteiger partial charge in [0, 0.05) is 5.39 Å². The van der Waals surface area contributed by atoms with Gasteiger partial charge in [-0.2, -0.15) is 0 Å². The zero-order valence-corrected chi connectivity index (χ0v) is 21.7. The highest BCUT2D eigenvalue weighted by Gasteiger charge is 2.37. The number of pyridine rings is 1. The first-order chi connectivity index (χ1) is 18.2. The molecule has 1 aromatic heterocycles. The van der Waals surface area contributed by atoms with Crippen molar-refractivity contribution >= 4 is 34.5 Å². The monoisotopic (exact) mass is 517 g/mol. The molecule has 0 radical (unpaired) electrons. The Morgan fingerprint density at radius 2 is 1.79 bits per heavy atom. The number of ether oxygens (including phenoxy) is 2. The number of Topliss-reactive ketones (excluding diaryl/α,β-unsaturated/α-hetero) is 1. The molecule has 9 heteroatoms. The number of ketones is 1. The molecule has 2 atom stereocenters. The molecule has 1 aliphatic heterocycles. The van der Waals surface area contributed by atoms with Gasteiger partial charge in [-0.15, -0.1) is 0 Å². The molecule has 2 unspecified atom stereocenters. The van der Waals surface area contributed by atoms with E-state index in [9.17, 15) is 19.2 Å². The maximum Gasteiger partial charge on any atom is 0.337 e. The van der Waals surface area contributed by atoms with Gasteiger partial charge in [0.05, 0.1) is 37.9 Å². The van der Waals surface area contributed by atoms with Gasteiger partial charge in [-0.3, -0.25) is 14.4 Å². The lowest BCUT2D eigenvalue weighted by atomic mass is 10.0. The lowest BCUT2D eigenvalue weighted by Gasteiger charge is -2.25. The number of likely N-dealkylation sites (tertiary alicyclic amines) is 1. The van der Waals surface area contributed by atoms with E-state index >= 15 is 0 Å². The van der Waals surface area contributed by atoms with Crippen LogP contribution in [-0.2, 0) is 25.7 Å². The fourth-order valence-corrected chi connectivity index (χ4v) is 4.36. The van der Waals surface area contributed by atoms with Gasteiger partial charge in [0.15, 0.2) is 5.78 Å². The Labute approximate surface area is 221 Å². The van der Waals surface area contributed by atoms with E-state index in [-0.39, 0.29) is 43.0 Å². The van der Waals surface area contributed by atoms with Crippen molar-refractivity contribution in [2.24, 2.45) is 5.92 Å². The molecular weight excluding hydrogens is 486 g/mol. The average molecular weight is 518 g/mol. The van der Waals surface area contributed by atoms with Gasteiger partial charge in [0.25, 0.3) is 5.91 Å². The lowest BCUT2D eigenvalue weighted by molar-refractivity contribution is -0.133. The van der Waals surface area contributed by atoms with E-state index in [4.69, 9.17) is 9.47 Å². The summed E-state index contributed by atoms with van der Waals surface area (Å²) in [7, 11) is 1.32. The second-order valence-corrected chi connectivity index (χ2v) is 9.72. The number of amides is 2. The summed E-state index contributed by atoms with van der Waals surface area (Å²) in [5.41, 5.74) is 2.12. The number of rotatable bonds is 9. The Hall–Kier alpha value is -4.11. The molecular formula is C29H31N3O6. The van der Waals surface area contributed by atoms with E-state index in [1.54, 1.807) is 30.3 Å². The van der Waals surface area contributed by atoms with Crippen LogP contribution in [0.3, 0.4) is 0 Å². The van der Waals surface area contributed by atoms with Gasteiger partial charge in [0.2, 0.25) is 5.91 Å². The van der Waals surface area contributed by atoms with Crippen LogP contribution in [0.4, 0.5) is 0 Å². The molecule has 38 heavy (non-hydrogen) atoms. The highest BCUT2D eigenvalue weighted by atomic mass is 16.5. The number of esters is 1. The van der Waals surface area contributed by atoms with Crippen LogP contribution in [0.2, 0.25) is 0 Å². The quantitative estimate of drug-likeness (QED) is 0.434. The highest BCUT2D eigenvalue weighted by Crippen LogP contribution is 2.18. The maximum atomic E-state index is 13.4. The van der Waals surface area contributed by atoms with Crippen LogP contribution in [0.15, 0.2) is 60.7 Å². The normalized spacial score (nSPS) is 16.1. The molecule has 1 N–H and O–H groups in total. The SMILES string of the molecule is COC(=O)c1ccc(COC2CN(C(=O)C(CC(C)C)NC(=O)c3ccc4ccccc4n3)CC2=O)cc1. The van der Waals surface area contributed by atoms with Gasteiger partial charge in [-0.25, -0.2) is 9.78 Å². The van der Waals surface area contributed by atoms with Crippen molar-refractivity contribution in [3.63, 3.8) is 0 Å². The van der Waals surface area contributed by atoms with Crippen molar-refractivity contribution in [2.75, 3.05) is 20.2 Å². The molecule has 2 aromatic carbocycles. The Morgan fingerprint density at radius 1 is 1.05 bits per heavy atom. The predicted octanol–water partition coefficient (Wildman–Crippen LogP) is 3.16. The molecule has 9 nitrogen and oxygen atoms in total. The second kappa shape index (κ2) is 12.0. The summed E-state index contributed by atoms with van der Waals surface area (Å²) in [4.78, 5) is 56.5. The van der Waals surface area contributed by atoms with Crippen LogP contribution >= 0.6 is 0 Å². The fraction of sp³-hybridized carbons (Fsp3) is 0.345. The third kappa shape index (κ3) is 6.41. The van der Waals surface area contributed by atoms with Crippen LogP contribution in [-0.4, -0.2) is 65.8 Å². The molecule has 198 valence electrons. The second-order valence-electron chi connectivity index (χ2n) is 9.72. The third-order valence-corrected chi connectivity index (χ3v) is 6.37. The molecule has 2 heterocycles.